The Balaban J connectivity index is 2.29. The lowest BCUT2D eigenvalue weighted by molar-refractivity contribution is 0.452. The molecule has 0 aliphatic carbocycles. The summed E-state index contributed by atoms with van der Waals surface area (Å²) in [6.07, 6.45) is 0. The van der Waals surface area contributed by atoms with Gasteiger partial charge in [0.15, 0.2) is 5.15 Å². The van der Waals surface area contributed by atoms with E-state index in [-0.39, 0.29) is 0 Å². The normalized spacial score (nSPS) is 9.71. The number of nitrogens with zero attached hydrogens (tertiary/aromatic N) is 3. The van der Waals surface area contributed by atoms with Gasteiger partial charge in [0, 0.05) is 6.07 Å². The third-order valence-electron chi connectivity index (χ3n) is 2.14. The smallest absolute Gasteiger partial charge is 0.238 e. The van der Waals surface area contributed by atoms with E-state index >= 15 is 0 Å². The molecule has 2 aromatic rings. The number of nitriles is 1. The van der Waals surface area contributed by atoms with Crippen LogP contribution < -0.4 is 4.74 Å². The predicted octanol–water partition coefficient (Wildman–Crippen LogP) is 3.10. The Hall–Kier alpha value is -2.12. The molecule has 1 aromatic heterocycles. The first-order valence-electron chi connectivity index (χ1n) is 4.87. The summed E-state index contributed by atoms with van der Waals surface area (Å²) in [5, 5.41) is 16.6. The van der Waals surface area contributed by atoms with Crippen LogP contribution in [0.4, 0.5) is 0 Å². The molecule has 0 amide bonds. The van der Waals surface area contributed by atoms with Crippen molar-refractivity contribution in [3.63, 3.8) is 0 Å². The summed E-state index contributed by atoms with van der Waals surface area (Å²) < 4.78 is 5.52. The van der Waals surface area contributed by atoms with Crippen LogP contribution in [0.25, 0.3) is 0 Å². The Bertz CT molecular complexity index is 575. The highest BCUT2D eigenvalue weighted by molar-refractivity contribution is 6.29. The lowest BCUT2D eigenvalue weighted by atomic mass is 10.1. The van der Waals surface area contributed by atoms with Crippen molar-refractivity contribution in [1.82, 2.24) is 10.2 Å². The highest BCUT2D eigenvalue weighted by atomic mass is 35.5. The Morgan fingerprint density at radius 2 is 2.06 bits per heavy atom. The first-order chi connectivity index (χ1) is 8.19. The number of halogens is 1. The van der Waals surface area contributed by atoms with Crippen LogP contribution in [0.15, 0.2) is 30.3 Å². The van der Waals surface area contributed by atoms with Gasteiger partial charge in [-0.05, 0) is 30.7 Å². The molecule has 0 aliphatic heterocycles. The van der Waals surface area contributed by atoms with Gasteiger partial charge in [-0.2, -0.15) is 5.26 Å². The van der Waals surface area contributed by atoms with Gasteiger partial charge < -0.3 is 4.74 Å². The predicted molar refractivity (Wildman–Crippen MR) is 63.0 cm³/mol. The van der Waals surface area contributed by atoms with E-state index in [1.807, 2.05) is 13.0 Å². The Morgan fingerprint density at radius 3 is 2.71 bits per heavy atom. The highest BCUT2D eigenvalue weighted by Gasteiger charge is 2.04. The second-order valence-corrected chi connectivity index (χ2v) is 3.78. The van der Waals surface area contributed by atoms with Gasteiger partial charge in [-0.15, -0.1) is 10.2 Å². The maximum atomic E-state index is 8.80. The number of hydrogen-bond acceptors (Lipinski definition) is 4. The van der Waals surface area contributed by atoms with Crippen molar-refractivity contribution in [3.05, 3.63) is 46.6 Å². The van der Waals surface area contributed by atoms with Crippen molar-refractivity contribution in [2.24, 2.45) is 0 Å². The average Bonchev–Trinajstić information content (AvgIpc) is 2.35. The second kappa shape index (κ2) is 4.81. The molecule has 1 aromatic carbocycles. The largest absolute Gasteiger partial charge is 0.437 e. The first-order valence-corrected chi connectivity index (χ1v) is 5.24. The summed E-state index contributed by atoms with van der Waals surface area (Å²) in [6, 6.07) is 10.5. The zero-order valence-corrected chi connectivity index (χ0v) is 9.77. The molecule has 1 heterocycles. The molecular weight excluding hydrogens is 238 g/mol. The van der Waals surface area contributed by atoms with E-state index in [1.54, 1.807) is 24.3 Å². The zero-order valence-electron chi connectivity index (χ0n) is 9.01. The van der Waals surface area contributed by atoms with E-state index in [4.69, 9.17) is 21.6 Å². The molecule has 0 saturated carbocycles. The van der Waals surface area contributed by atoms with E-state index in [9.17, 15) is 0 Å². The van der Waals surface area contributed by atoms with Gasteiger partial charge in [-0.1, -0.05) is 17.7 Å². The van der Waals surface area contributed by atoms with E-state index < -0.39 is 0 Å². The number of benzene rings is 1. The number of rotatable bonds is 2. The number of hydrogen-bond donors (Lipinski definition) is 0. The van der Waals surface area contributed by atoms with Crippen molar-refractivity contribution in [2.75, 3.05) is 0 Å². The number of ether oxygens (including phenoxy) is 1. The quantitative estimate of drug-likeness (QED) is 0.816. The molecule has 5 heteroatoms. The van der Waals surface area contributed by atoms with Crippen LogP contribution in [0.1, 0.15) is 11.1 Å². The van der Waals surface area contributed by atoms with Crippen molar-refractivity contribution in [3.8, 4) is 17.7 Å². The first kappa shape index (κ1) is 11.4. The van der Waals surface area contributed by atoms with Gasteiger partial charge in [-0.25, -0.2) is 0 Å². The van der Waals surface area contributed by atoms with E-state index in [0.29, 0.717) is 22.3 Å². The molecule has 84 valence electrons. The van der Waals surface area contributed by atoms with Crippen molar-refractivity contribution < 1.29 is 4.74 Å². The Labute approximate surface area is 103 Å². The van der Waals surface area contributed by atoms with E-state index in [2.05, 4.69) is 16.3 Å². The average molecular weight is 246 g/mol. The van der Waals surface area contributed by atoms with Crippen LogP contribution in [-0.2, 0) is 0 Å². The van der Waals surface area contributed by atoms with Crippen LogP contribution in [0.5, 0.6) is 11.6 Å². The molecule has 0 radical (unpaired) electrons. The molecule has 4 nitrogen and oxygen atoms in total. The molecule has 0 N–H and O–H groups in total. The summed E-state index contributed by atoms with van der Waals surface area (Å²) in [5.74, 6) is 0.924. The van der Waals surface area contributed by atoms with Crippen LogP contribution in [0, 0.1) is 18.3 Å². The molecule has 0 saturated heterocycles. The summed E-state index contributed by atoms with van der Waals surface area (Å²) in [7, 11) is 0. The van der Waals surface area contributed by atoms with Gasteiger partial charge >= 0.3 is 0 Å². The van der Waals surface area contributed by atoms with Gasteiger partial charge in [0.2, 0.25) is 5.88 Å². The molecule has 0 aliphatic rings. The third kappa shape index (κ3) is 2.71. The fourth-order valence-corrected chi connectivity index (χ4v) is 1.35. The van der Waals surface area contributed by atoms with Crippen LogP contribution in [0.2, 0.25) is 5.15 Å². The van der Waals surface area contributed by atoms with E-state index in [1.165, 1.54) is 0 Å². The topological polar surface area (TPSA) is 58.8 Å². The minimum Gasteiger partial charge on any atom is -0.437 e. The fourth-order valence-electron chi connectivity index (χ4n) is 1.25. The molecule has 2 rings (SSSR count). The minimum atomic E-state index is 0.305. The molecular formula is C12H8ClN3O. The molecule has 0 unspecified atom stereocenters. The van der Waals surface area contributed by atoms with Gasteiger partial charge in [0.25, 0.3) is 0 Å². The second-order valence-electron chi connectivity index (χ2n) is 3.39. The molecule has 0 fully saturated rings. The summed E-state index contributed by atoms with van der Waals surface area (Å²) in [6.45, 7) is 1.89. The van der Waals surface area contributed by atoms with Gasteiger partial charge in [0.1, 0.15) is 5.75 Å². The fraction of sp³-hybridized carbons (Fsp3) is 0.0833. The number of aromatic nitrogens is 2. The molecule has 0 bridgehead atoms. The van der Waals surface area contributed by atoms with Gasteiger partial charge in [-0.3, -0.25) is 0 Å². The van der Waals surface area contributed by atoms with Gasteiger partial charge in [0.05, 0.1) is 11.6 Å². The van der Waals surface area contributed by atoms with Crippen LogP contribution in [0.3, 0.4) is 0 Å². The SMILES string of the molecule is Cc1ccc(C#N)cc1Oc1ccc(Cl)nn1. The molecule has 17 heavy (non-hydrogen) atoms. The van der Waals surface area contributed by atoms with Crippen LogP contribution >= 0.6 is 11.6 Å². The maximum Gasteiger partial charge on any atom is 0.238 e. The highest BCUT2D eigenvalue weighted by Crippen LogP contribution is 2.24. The van der Waals surface area contributed by atoms with Crippen molar-refractivity contribution >= 4 is 11.6 Å². The maximum absolute atomic E-state index is 8.80. The summed E-state index contributed by atoms with van der Waals surface area (Å²) >= 11 is 5.62. The standard InChI is InChI=1S/C12H8ClN3O/c1-8-2-3-9(7-14)6-10(8)17-12-5-4-11(13)15-16-12/h2-6H,1H3. The zero-order chi connectivity index (χ0) is 12.3. The monoisotopic (exact) mass is 245 g/mol. The Morgan fingerprint density at radius 1 is 1.24 bits per heavy atom. The number of aryl methyl sites for hydroxylation is 1. The Kier molecular flexibility index (Phi) is 3.22. The lowest BCUT2D eigenvalue weighted by Gasteiger charge is -2.07. The lowest BCUT2D eigenvalue weighted by Crippen LogP contribution is -1.92. The molecule has 0 atom stereocenters. The van der Waals surface area contributed by atoms with Crippen molar-refractivity contribution in [1.29, 1.82) is 5.26 Å². The van der Waals surface area contributed by atoms with E-state index in [0.717, 1.165) is 5.56 Å². The third-order valence-corrected chi connectivity index (χ3v) is 2.34. The van der Waals surface area contributed by atoms with Crippen LogP contribution in [-0.4, -0.2) is 10.2 Å². The summed E-state index contributed by atoms with van der Waals surface area (Å²) in [4.78, 5) is 0. The molecule has 0 spiro atoms. The van der Waals surface area contributed by atoms with Crippen molar-refractivity contribution in [2.45, 2.75) is 6.92 Å². The summed E-state index contributed by atoms with van der Waals surface area (Å²) in [5.41, 5.74) is 1.45. The minimum absolute atomic E-state index is 0.305.